The third-order valence-electron chi connectivity index (χ3n) is 2.50. The molecule has 20 heavy (non-hydrogen) atoms. The number of benzene rings is 1. The number of aliphatic imine (C=N–C) groups is 1. The SMILES string of the molecule is CN=C(NCCCOC)NCc1ccc(Cl)cc1Cl.I. The average molecular weight is 432 g/mol. The minimum absolute atomic E-state index is 0. The van der Waals surface area contributed by atoms with Gasteiger partial charge in [-0.1, -0.05) is 29.3 Å². The van der Waals surface area contributed by atoms with E-state index < -0.39 is 0 Å². The average Bonchev–Trinajstić information content (AvgIpc) is 2.40. The van der Waals surface area contributed by atoms with E-state index in [2.05, 4.69) is 15.6 Å². The Labute approximate surface area is 147 Å². The molecule has 0 atom stereocenters. The molecule has 1 rings (SSSR count). The zero-order valence-electron chi connectivity index (χ0n) is 11.6. The van der Waals surface area contributed by atoms with Crippen LogP contribution in [0.15, 0.2) is 23.2 Å². The highest BCUT2D eigenvalue weighted by Gasteiger charge is 2.02. The molecular formula is C13H20Cl2IN3O. The van der Waals surface area contributed by atoms with E-state index >= 15 is 0 Å². The Kier molecular flexibility index (Phi) is 11.3. The first-order chi connectivity index (χ1) is 9.17. The molecule has 0 radical (unpaired) electrons. The monoisotopic (exact) mass is 431 g/mol. The first-order valence-corrected chi connectivity index (χ1v) is 6.80. The Bertz CT molecular complexity index is 430. The smallest absolute Gasteiger partial charge is 0.191 e. The molecule has 0 aliphatic carbocycles. The highest BCUT2D eigenvalue weighted by atomic mass is 127. The van der Waals surface area contributed by atoms with Crippen LogP contribution in [0.5, 0.6) is 0 Å². The van der Waals surface area contributed by atoms with E-state index in [0.717, 1.165) is 31.1 Å². The molecule has 0 bridgehead atoms. The van der Waals surface area contributed by atoms with Crippen LogP contribution in [-0.4, -0.2) is 33.3 Å². The summed E-state index contributed by atoms with van der Waals surface area (Å²) >= 11 is 12.0. The number of methoxy groups -OCH3 is 1. The van der Waals surface area contributed by atoms with Gasteiger partial charge in [-0.25, -0.2) is 0 Å². The number of ether oxygens (including phenoxy) is 1. The van der Waals surface area contributed by atoms with Crippen LogP contribution in [0.2, 0.25) is 10.0 Å². The van der Waals surface area contributed by atoms with Gasteiger partial charge >= 0.3 is 0 Å². The molecule has 1 aromatic carbocycles. The highest BCUT2D eigenvalue weighted by Crippen LogP contribution is 2.20. The van der Waals surface area contributed by atoms with Gasteiger partial charge in [-0.2, -0.15) is 0 Å². The van der Waals surface area contributed by atoms with E-state index in [-0.39, 0.29) is 24.0 Å². The van der Waals surface area contributed by atoms with E-state index in [4.69, 9.17) is 27.9 Å². The second-order valence-corrected chi connectivity index (χ2v) is 4.78. The Balaban J connectivity index is 0.00000361. The second kappa shape index (κ2) is 11.4. The molecule has 0 amide bonds. The van der Waals surface area contributed by atoms with Crippen molar-refractivity contribution in [1.29, 1.82) is 0 Å². The number of halogens is 3. The van der Waals surface area contributed by atoms with Gasteiger partial charge in [0.2, 0.25) is 0 Å². The predicted molar refractivity (Wildman–Crippen MR) is 96.6 cm³/mol. The van der Waals surface area contributed by atoms with Gasteiger partial charge in [0.1, 0.15) is 0 Å². The van der Waals surface area contributed by atoms with Crippen LogP contribution in [0.3, 0.4) is 0 Å². The molecule has 0 fully saturated rings. The molecule has 0 heterocycles. The first-order valence-electron chi connectivity index (χ1n) is 6.04. The summed E-state index contributed by atoms with van der Waals surface area (Å²) in [6.45, 7) is 2.13. The topological polar surface area (TPSA) is 45.7 Å². The number of nitrogens with one attached hydrogen (secondary N) is 2. The summed E-state index contributed by atoms with van der Waals surface area (Å²) < 4.78 is 4.98. The zero-order chi connectivity index (χ0) is 14.1. The van der Waals surface area contributed by atoms with Gasteiger partial charge < -0.3 is 15.4 Å². The van der Waals surface area contributed by atoms with Gasteiger partial charge in [-0.05, 0) is 24.1 Å². The largest absolute Gasteiger partial charge is 0.385 e. The highest BCUT2D eigenvalue weighted by molar-refractivity contribution is 14.0. The van der Waals surface area contributed by atoms with E-state index in [0.29, 0.717) is 16.6 Å². The van der Waals surface area contributed by atoms with Gasteiger partial charge in [0, 0.05) is 43.9 Å². The minimum Gasteiger partial charge on any atom is -0.385 e. The van der Waals surface area contributed by atoms with Crippen molar-refractivity contribution in [1.82, 2.24) is 10.6 Å². The van der Waals surface area contributed by atoms with Crippen LogP contribution >= 0.6 is 47.2 Å². The second-order valence-electron chi connectivity index (χ2n) is 3.93. The quantitative estimate of drug-likeness (QED) is 0.314. The fourth-order valence-electron chi connectivity index (χ4n) is 1.49. The summed E-state index contributed by atoms with van der Waals surface area (Å²) in [5.41, 5.74) is 0.978. The van der Waals surface area contributed by atoms with Crippen molar-refractivity contribution in [3.63, 3.8) is 0 Å². The zero-order valence-corrected chi connectivity index (χ0v) is 15.4. The molecule has 0 saturated heterocycles. The van der Waals surface area contributed by atoms with E-state index in [1.807, 2.05) is 12.1 Å². The lowest BCUT2D eigenvalue weighted by Gasteiger charge is -2.12. The van der Waals surface area contributed by atoms with Crippen LogP contribution in [0.4, 0.5) is 0 Å². The Morgan fingerprint density at radius 1 is 1.30 bits per heavy atom. The lowest BCUT2D eigenvalue weighted by atomic mass is 10.2. The summed E-state index contributed by atoms with van der Waals surface area (Å²) in [7, 11) is 3.42. The molecule has 114 valence electrons. The molecule has 2 N–H and O–H groups in total. The van der Waals surface area contributed by atoms with Crippen molar-refractivity contribution >= 4 is 53.1 Å². The van der Waals surface area contributed by atoms with Crippen molar-refractivity contribution in [2.45, 2.75) is 13.0 Å². The van der Waals surface area contributed by atoms with Crippen molar-refractivity contribution in [2.75, 3.05) is 27.3 Å². The van der Waals surface area contributed by atoms with Gasteiger partial charge in [0.15, 0.2) is 5.96 Å². The summed E-state index contributed by atoms with van der Waals surface area (Å²) in [4.78, 5) is 4.13. The third-order valence-corrected chi connectivity index (χ3v) is 3.09. The molecule has 0 aromatic heterocycles. The van der Waals surface area contributed by atoms with E-state index in [9.17, 15) is 0 Å². The fraction of sp³-hybridized carbons (Fsp3) is 0.462. The predicted octanol–water partition coefficient (Wildman–Crippen LogP) is 3.31. The number of nitrogens with zero attached hydrogens (tertiary/aromatic N) is 1. The molecule has 0 saturated carbocycles. The maximum absolute atomic E-state index is 6.10. The molecule has 0 aliphatic heterocycles. The summed E-state index contributed by atoms with van der Waals surface area (Å²) in [5.74, 6) is 0.738. The molecule has 4 nitrogen and oxygen atoms in total. The lowest BCUT2D eigenvalue weighted by Crippen LogP contribution is -2.37. The lowest BCUT2D eigenvalue weighted by molar-refractivity contribution is 0.195. The molecule has 0 spiro atoms. The van der Waals surface area contributed by atoms with Gasteiger partial charge in [-0.15, -0.1) is 24.0 Å². The van der Waals surface area contributed by atoms with Gasteiger partial charge in [-0.3, -0.25) is 4.99 Å². The van der Waals surface area contributed by atoms with Crippen LogP contribution in [-0.2, 0) is 11.3 Å². The number of rotatable bonds is 6. The summed E-state index contributed by atoms with van der Waals surface area (Å²) in [6.07, 6.45) is 0.929. The molecule has 0 aliphatic rings. The maximum atomic E-state index is 6.10. The Morgan fingerprint density at radius 3 is 2.65 bits per heavy atom. The van der Waals surface area contributed by atoms with E-state index in [1.54, 1.807) is 20.2 Å². The van der Waals surface area contributed by atoms with Crippen molar-refractivity contribution < 1.29 is 4.74 Å². The third kappa shape index (κ3) is 7.52. The molecule has 1 aromatic rings. The van der Waals surface area contributed by atoms with Gasteiger partial charge in [0.05, 0.1) is 0 Å². The van der Waals surface area contributed by atoms with Crippen LogP contribution in [0, 0.1) is 0 Å². The van der Waals surface area contributed by atoms with Crippen molar-refractivity contribution in [3.8, 4) is 0 Å². The number of hydrogen-bond acceptors (Lipinski definition) is 2. The number of hydrogen-bond donors (Lipinski definition) is 2. The molecule has 0 unspecified atom stereocenters. The molecular weight excluding hydrogens is 412 g/mol. The van der Waals surface area contributed by atoms with Gasteiger partial charge in [0.25, 0.3) is 0 Å². The summed E-state index contributed by atoms with van der Waals surface area (Å²) in [6, 6.07) is 5.45. The normalized spacial score (nSPS) is 10.9. The maximum Gasteiger partial charge on any atom is 0.191 e. The summed E-state index contributed by atoms with van der Waals surface area (Å²) in [5, 5.41) is 7.67. The van der Waals surface area contributed by atoms with Crippen molar-refractivity contribution in [3.05, 3.63) is 33.8 Å². The molecule has 7 heteroatoms. The Morgan fingerprint density at radius 2 is 2.05 bits per heavy atom. The Hall–Kier alpha value is -0.240. The first kappa shape index (κ1) is 19.8. The van der Waals surface area contributed by atoms with Crippen LogP contribution in [0.1, 0.15) is 12.0 Å². The van der Waals surface area contributed by atoms with Crippen LogP contribution < -0.4 is 10.6 Å². The van der Waals surface area contributed by atoms with Crippen molar-refractivity contribution in [2.24, 2.45) is 4.99 Å². The van der Waals surface area contributed by atoms with E-state index in [1.165, 1.54) is 0 Å². The van der Waals surface area contributed by atoms with Crippen LogP contribution in [0.25, 0.3) is 0 Å². The number of guanidine groups is 1. The standard InChI is InChI=1S/C13H19Cl2N3O.HI/c1-16-13(17-6-3-7-19-2)18-9-10-4-5-11(14)8-12(10)15;/h4-5,8H,3,6-7,9H2,1-2H3,(H2,16,17,18);1H. The minimum atomic E-state index is 0. The fourth-order valence-corrected chi connectivity index (χ4v) is 1.96.